The zero-order chi connectivity index (χ0) is 15.3. The molecule has 1 aromatic rings. The van der Waals surface area contributed by atoms with Gasteiger partial charge in [-0.25, -0.2) is 0 Å². The lowest BCUT2D eigenvalue weighted by molar-refractivity contribution is -0.105. The summed E-state index contributed by atoms with van der Waals surface area (Å²) in [6.07, 6.45) is 5.30. The van der Waals surface area contributed by atoms with Gasteiger partial charge in [-0.2, -0.15) is 0 Å². The van der Waals surface area contributed by atoms with Crippen LogP contribution in [0, 0.1) is 11.3 Å². The normalized spacial score (nSPS) is 32.2. The quantitative estimate of drug-likeness (QED) is 0.834. The Kier molecular flexibility index (Phi) is 3.56. The van der Waals surface area contributed by atoms with Gasteiger partial charge in [-0.15, -0.1) is 0 Å². The fourth-order valence-corrected chi connectivity index (χ4v) is 4.33. The fourth-order valence-electron chi connectivity index (χ4n) is 4.33. The van der Waals surface area contributed by atoms with E-state index in [1.165, 1.54) is 17.5 Å². The monoisotopic (exact) mass is 288 g/mol. The Balaban J connectivity index is 1.86. The average molecular weight is 288 g/mol. The predicted octanol–water partition coefficient (Wildman–Crippen LogP) is 4.30. The van der Waals surface area contributed by atoms with E-state index >= 15 is 0 Å². The van der Waals surface area contributed by atoms with Crippen molar-refractivity contribution in [3.8, 4) is 5.75 Å². The van der Waals surface area contributed by atoms with Crippen molar-refractivity contribution in [3.05, 3.63) is 29.3 Å². The molecule has 3 atom stereocenters. The van der Waals surface area contributed by atoms with Crippen LogP contribution in [0.25, 0.3) is 0 Å². The van der Waals surface area contributed by atoms with Gasteiger partial charge in [0, 0.05) is 0 Å². The smallest absolute Gasteiger partial charge is 0.119 e. The van der Waals surface area contributed by atoms with Crippen LogP contribution in [-0.4, -0.2) is 17.8 Å². The first-order valence-electron chi connectivity index (χ1n) is 8.23. The Hall–Kier alpha value is -1.02. The maximum Gasteiger partial charge on any atom is 0.119 e. The molecule has 1 aromatic carbocycles. The molecule has 1 N–H and O–H groups in total. The molecule has 0 saturated heterocycles. The highest BCUT2D eigenvalue weighted by Gasteiger charge is 2.47. The SMILES string of the molecule is COc1ccc2c(c1)CC[C@H]1C[C@@](O)(C(C)(C)C)CC[C@@H]21. The van der Waals surface area contributed by atoms with Crippen LogP contribution in [0.4, 0.5) is 0 Å². The van der Waals surface area contributed by atoms with Crippen molar-refractivity contribution >= 4 is 0 Å². The summed E-state index contributed by atoms with van der Waals surface area (Å²) in [6.45, 7) is 6.53. The summed E-state index contributed by atoms with van der Waals surface area (Å²) in [6, 6.07) is 6.55. The molecule has 2 aliphatic rings. The molecule has 1 fully saturated rings. The summed E-state index contributed by atoms with van der Waals surface area (Å²) < 4.78 is 5.35. The molecule has 0 heterocycles. The predicted molar refractivity (Wildman–Crippen MR) is 85.8 cm³/mol. The minimum absolute atomic E-state index is 0.0296. The average Bonchev–Trinajstić information content (AvgIpc) is 2.45. The lowest BCUT2D eigenvalue weighted by atomic mass is 9.58. The third-order valence-electron chi connectivity index (χ3n) is 5.97. The highest BCUT2D eigenvalue weighted by Crippen LogP contribution is 2.52. The second kappa shape index (κ2) is 5.01. The molecule has 2 heteroatoms. The van der Waals surface area contributed by atoms with Gasteiger partial charge in [-0.05, 0) is 72.6 Å². The van der Waals surface area contributed by atoms with E-state index in [-0.39, 0.29) is 5.41 Å². The number of aliphatic hydroxyl groups is 1. The molecular weight excluding hydrogens is 260 g/mol. The first kappa shape index (κ1) is 14.9. The molecule has 116 valence electrons. The molecule has 0 spiro atoms. The highest BCUT2D eigenvalue weighted by molar-refractivity contribution is 5.40. The van der Waals surface area contributed by atoms with Gasteiger partial charge in [0.25, 0.3) is 0 Å². The Morgan fingerprint density at radius 1 is 1.24 bits per heavy atom. The Labute approximate surface area is 128 Å². The molecule has 0 bridgehead atoms. The van der Waals surface area contributed by atoms with Gasteiger partial charge in [0.1, 0.15) is 5.75 Å². The van der Waals surface area contributed by atoms with Crippen molar-refractivity contribution in [2.24, 2.45) is 11.3 Å². The molecule has 0 aromatic heterocycles. The number of fused-ring (bicyclic) bond motifs is 3. The minimum atomic E-state index is -0.502. The largest absolute Gasteiger partial charge is 0.497 e. The van der Waals surface area contributed by atoms with Gasteiger partial charge in [0.15, 0.2) is 0 Å². The Morgan fingerprint density at radius 3 is 2.67 bits per heavy atom. The lowest BCUT2D eigenvalue weighted by Gasteiger charge is -2.50. The van der Waals surface area contributed by atoms with Crippen molar-refractivity contribution in [3.63, 3.8) is 0 Å². The zero-order valence-corrected chi connectivity index (χ0v) is 13.8. The molecule has 1 saturated carbocycles. The van der Waals surface area contributed by atoms with E-state index in [0.717, 1.165) is 31.4 Å². The molecule has 0 radical (unpaired) electrons. The zero-order valence-electron chi connectivity index (χ0n) is 13.8. The standard InChI is InChI=1S/C19H28O2/c1-18(2,3)19(20)10-9-17-14(12-19)6-5-13-11-15(21-4)7-8-16(13)17/h7-8,11,14,17,20H,5-6,9-10,12H2,1-4H3/t14-,17+,19+/m0/s1. The molecule has 2 nitrogen and oxygen atoms in total. The van der Waals surface area contributed by atoms with Crippen molar-refractivity contribution in [1.82, 2.24) is 0 Å². The van der Waals surface area contributed by atoms with Gasteiger partial charge in [0.2, 0.25) is 0 Å². The van der Waals surface area contributed by atoms with Crippen LogP contribution in [0.15, 0.2) is 18.2 Å². The first-order valence-corrected chi connectivity index (χ1v) is 8.23. The minimum Gasteiger partial charge on any atom is -0.497 e. The molecule has 0 unspecified atom stereocenters. The summed E-state index contributed by atoms with van der Waals surface area (Å²) in [5.41, 5.74) is 2.43. The molecule has 0 aliphatic heterocycles. The second-order valence-electron chi connectivity index (χ2n) is 7.99. The third-order valence-corrected chi connectivity index (χ3v) is 5.97. The summed E-state index contributed by atoms with van der Waals surface area (Å²) in [5.74, 6) is 2.22. The van der Waals surface area contributed by atoms with Crippen molar-refractivity contribution in [2.75, 3.05) is 7.11 Å². The van der Waals surface area contributed by atoms with Crippen molar-refractivity contribution in [1.29, 1.82) is 0 Å². The summed E-state index contributed by atoms with van der Waals surface area (Å²) in [5, 5.41) is 11.1. The number of rotatable bonds is 1. The van der Waals surface area contributed by atoms with Crippen LogP contribution >= 0.6 is 0 Å². The summed E-state index contributed by atoms with van der Waals surface area (Å²) in [4.78, 5) is 0. The molecule has 0 amide bonds. The Bertz CT molecular complexity index is 529. The van der Waals surface area contributed by atoms with E-state index in [4.69, 9.17) is 4.74 Å². The van der Waals surface area contributed by atoms with Gasteiger partial charge in [-0.3, -0.25) is 0 Å². The van der Waals surface area contributed by atoms with E-state index in [1.54, 1.807) is 7.11 Å². The van der Waals surface area contributed by atoms with Crippen LogP contribution in [0.1, 0.15) is 63.5 Å². The topological polar surface area (TPSA) is 29.5 Å². The fraction of sp³-hybridized carbons (Fsp3) is 0.684. The molecule has 2 aliphatic carbocycles. The van der Waals surface area contributed by atoms with E-state index in [9.17, 15) is 5.11 Å². The maximum absolute atomic E-state index is 11.1. The van der Waals surface area contributed by atoms with E-state index in [2.05, 4.69) is 39.0 Å². The van der Waals surface area contributed by atoms with Gasteiger partial charge in [0.05, 0.1) is 12.7 Å². The Morgan fingerprint density at radius 2 is 2.00 bits per heavy atom. The van der Waals surface area contributed by atoms with Crippen LogP contribution in [0.5, 0.6) is 5.75 Å². The molecule has 3 rings (SSSR count). The van der Waals surface area contributed by atoms with E-state index < -0.39 is 5.60 Å². The second-order valence-corrected chi connectivity index (χ2v) is 7.99. The third kappa shape index (κ3) is 2.48. The highest BCUT2D eigenvalue weighted by atomic mass is 16.5. The lowest BCUT2D eigenvalue weighted by Crippen LogP contribution is -2.49. The molecular formula is C19H28O2. The van der Waals surface area contributed by atoms with Crippen LogP contribution < -0.4 is 4.74 Å². The van der Waals surface area contributed by atoms with Gasteiger partial charge in [-0.1, -0.05) is 26.8 Å². The van der Waals surface area contributed by atoms with Crippen molar-refractivity contribution < 1.29 is 9.84 Å². The van der Waals surface area contributed by atoms with Gasteiger partial charge >= 0.3 is 0 Å². The van der Waals surface area contributed by atoms with E-state index in [1.807, 2.05) is 0 Å². The van der Waals surface area contributed by atoms with Crippen LogP contribution in [0.3, 0.4) is 0 Å². The molecule has 21 heavy (non-hydrogen) atoms. The van der Waals surface area contributed by atoms with Crippen molar-refractivity contribution in [2.45, 2.75) is 64.4 Å². The summed E-state index contributed by atoms with van der Waals surface area (Å²) >= 11 is 0. The number of ether oxygens (including phenoxy) is 1. The number of hydrogen-bond donors (Lipinski definition) is 1. The maximum atomic E-state index is 11.1. The number of methoxy groups -OCH3 is 1. The summed E-state index contributed by atoms with van der Waals surface area (Å²) in [7, 11) is 1.73. The van der Waals surface area contributed by atoms with Crippen LogP contribution in [-0.2, 0) is 6.42 Å². The van der Waals surface area contributed by atoms with E-state index in [0.29, 0.717) is 11.8 Å². The number of aryl methyl sites for hydroxylation is 1. The number of hydrogen-bond acceptors (Lipinski definition) is 2. The number of benzene rings is 1. The van der Waals surface area contributed by atoms with Crippen LogP contribution in [0.2, 0.25) is 0 Å². The first-order chi connectivity index (χ1) is 9.84. The van der Waals surface area contributed by atoms with Gasteiger partial charge < -0.3 is 9.84 Å².